The zero-order valence-corrected chi connectivity index (χ0v) is 13.7. The SMILES string of the molecule is CC(C)c1c2c(cc(Cl)c1C(N)CCC(=O)O)OCCCO2. The first-order valence-corrected chi connectivity index (χ1v) is 7.88. The van der Waals surface area contributed by atoms with E-state index in [0.717, 1.165) is 17.5 Å². The predicted molar refractivity (Wildman–Crippen MR) is 84.9 cm³/mol. The summed E-state index contributed by atoms with van der Waals surface area (Å²) in [6.07, 6.45) is 1.14. The zero-order chi connectivity index (χ0) is 16.3. The number of nitrogens with two attached hydrogens (primary N) is 1. The Labute approximate surface area is 135 Å². The molecule has 0 amide bonds. The maximum absolute atomic E-state index is 10.8. The van der Waals surface area contributed by atoms with Crippen LogP contribution >= 0.6 is 11.6 Å². The molecule has 0 fully saturated rings. The van der Waals surface area contributed by atoms with Crippen molar-refractivity contribution in [2.24, 2.45) is 5.73 Å². The molecule has 0 bridgehead atoms. The van der Waals surface area contributed by atoms with E-state index in [9.17, 15) is 4.79 Å². The number of aliphatic carboxylic acids is 1. The van der Waals surface area contributed by atoms with Crippen molar-refractivity contribution < 1.29 is 19.4 Å². The third-order valence-electron chi connectivity index (χ3n) is 3.68. The molecule has 0 saturated heterocycles. The van der Waals surface area contributed by atoms with Gasteiger partial charge in [0.25, 0.3) is 0 Å². The molecule has 22 heavy (non-hydrogen) atoms. The van der Waals surface area contributed by atoms with Gasteiger partial charge in [-0.05, 0) is 17.9 Å². The highest BCUT2D eigenvalue weighted by atomic mass is 35.5. The Balaban J connectivity index is 2.48. The van der Waals surface area contributed by atoms with Gasteiger partial charge in [0.05, 0.1) is 13.2 Å². The van der Waals surface area contributed by atoms with Crippen LogP contribution in [0, 0.1) is 0 Å². The number of rotatable bonds is 5. The van der Waals surface area contributed by atoms with Crippen molar-refractivity contribution in [1.82, 2.24) is 0 Å². The fourth-order valence-corrected chi connectivity index (χ4v) is 3.03. The lowest BCUT2D eigenvalue weighted by molar-refractivity contribution is -0.137. The predicted octanol–water partition coefficient (Wildman–Crippen LogP) is 3.49. The topological polar surface area (TPSA) is 81.8 Å². The summed E-state index contributed by atoms with van der Waals surface area (Å²) in [4.78, 5) is 10.8. The van der Waals surface area contributed by atoms with E-state index in [1.807, 2.05) is 13.8 Å². The third-order valence-corrected chi connectivity index (χ3v) is 4.00. The summed E-state index contributed by atoms with van der Waals surface area (Å²) in [6.45, 7) is 5.24. The number of halogens is 1. The number of carboxylic acids is 1. The Morgan fingerprint density at radius 2 is 2.05 bits per heavy atom. The Morgan fingerprint density at radius 1 is 1.36 bits per heavy atom. The summed E-state index contributed by atoms with van der Waals surface area (Å²) in [7, 11) is 0. The van der Waals surface area contributed by atoms with Crippen molar-refractivity contribution >= 4 is 17.6 Å². The number of carbonyl (C=O) groups is 1. The first-order chi connectivity index (χ1) is 10.4. The molecule has 2 rings (SSSR count). The first kappa shape index (κ1) is 16.9. The molecular weight excluding hydrogens is 306 g/mol. The molecule has 0 saturated carbocycles. The Kier molecular flexibility index (Phi) is 5.53. The van der Waals surface area contributed by atoms with Crippen molar-refractivity contribution in [2.45, 2.75) is 45.1 Å². The van der Waals surface area contributed by atoms with Gasteiger partial charge in [-0.1, -0.05) is 25.4 Å². The standard InChI is InChI=1S/C16H22ClNO4/c1-9(2)14-15(11(18)4-5-13(19)20)10(17)8-12-16(14)22-7-3-6-21-12/h8-9,11H,3-7,18H2,1-2H3,(H,19,20). The van der Waals surface area contributed by atoms with Crippen LogP contribution in [-0.4, -0.2) is 24.3 Å². The molecule has 0 aromatic heterocycles. The quantitative estimate of drug-likeness (QED) is 0.865. The second-order valence-corrected chi connectivity index (χ2v) is 6.16. The number of hydrogen-bond donors (Lipinski definition) is 2. The minimum Gasteiger partial charge on any atom is -0.489 e. The third kappa shape index (κ3) is 3.65. The molecule has 1 unspecified atom stereocenters. The summed E-state index contributed by atoms with van der Waals surface area (Å²) in [5, 5.41) is 9.36. The van der Waals surface area contributed by atoms with Crippen LogP contribution in [0.5, 0.6) is 11.5 Å². The molecule has 0 radical (unpaired) electrons. The van der Waals surface area contributed by atoms with Crippen molar-refractivity contribution in [1.29, 1.82) is 0 Å². The molecule has 1 aliphatic heterocycles. The molecule has 0 aliphatic carbocycles. The zero-order valence-electron chi connectivity index (χ0n) is 12.9. The van der Waals surface area contributed by atoms with Crippen molar-refractivity contribution in [2.75, 3.05) is 13.2 Å². The van der Waals surface area contributed by atoms with Crippen molar-refractivity contribution in [3.05, 3.63) is 22.2 Å². The average Bonchev–Trinajstić information content (AvgIpc) is 2.67. The summed E-state index contributed by atoms with van der Waals surface area (Å²) in [5.74, 6) is 0.602. The van der Waals surface area contributed by atoms with E-state index in [1.165, 1.54) is 0 Å². The molecular formula is C16H22ClNO4. The highest BCUT2D eigenvalue weighted by Crippen LogP contribution is 2.45. The average molecular weight is 328 g/mol. The van der Waals surface area contributed by atoms with Gasteiger partial charge in [-0.2, -0.15) is 0 Å². The van der Waals surface area contributed by atoms with E-state index in [0.29, 0.717) is 36.2 Å². The molecule has 6 heteroatoms. The summed E-state index contributed by atoms with van der Waals surface area (Å²) >= 11 is 6.41. The van der Waals surface area contributed by atoms with E-state index in [2.05, 4.69) is 0 Å². The van der Waals surface area contributed by atoms with E-state index < -0.39 is 12.0 Å². The monoisotopic (exact) mass is 327 g/mol. The fraction of sp³-hybridized carbons (Fsp3) is 0.562. The number of benzene rings is 1. The van der Waals surface area contributed by atoms with Crippen LogP contribution in [0.25, 0.3) is 0 Å². The highest BCUT2D eigenvalue weighted by molar-refractivity contribution is 6.31. The molecule has 122 valence electrons. The first-order valence-electron chi connectivity index (χ1n) is 7.51. The number of fused-ring (bicyclic) bond motifs is 1. The Hall–Kier alpha value is -1.46. The van der Waals surface area contributed by atoms with Crippen LogP contribution in [0.3, 0.4) is 0 Å². The van der Waals surface area contributed by atoms with Gasteiger partial charge in [0, 0.05) is 35.5 Å². The minimum absolute atomic E-state index is 0.00345. The summed E-state index contributed by atoms with van der Waals surface area (Å²) in [5.41, 5.74) is 7.90. The molecule has 1 heterocycles. The second-order valence-electron chi connectivity index (χ2n) is 5.76. The largest absolute Gasteiger partial charge is 0.489 e. The van der Waals surface area contributed by atoms with Gasteiger partial charge in [0.1, 0.15) is 0 Å². The molecule has 1 atom stereocenters. The summed E-state index contributed by atoms with van der Waals surface area (Å²) < 4.78 is 11.6. The second kappa shape index (κ2) is 7.20. The lowest BCUT2D eigenvalue weighted by atomic mass is 9.89. The van der Waals surface area contributed by atoms with E-state index in [1.54, 1.807) is 6.07 Å². The lowest BCUT2D eigenvalue weighted by Gasteiger charge is -2.24. The molecule has 1 aliphatic rings. The van der Waals surface area contributed by atoms with Gasteiger partial charge in [-0.25, -0.2) is 0 Å². The van der Waals surface area contributed by atoms with Crippen LogP contribution in [0.2, 0.25) is 5.02 Å². The fourth-order valence-electron chi connectivity index (χ4n) is 2.69. The smallest absolute Gasteiger partial charge is 0.303 e. The van der Waals surface area contributed by atoms with Crippen molar-refractivity contribution in [3.63, 3.8) is 0 Å². The maximum Gasteiger partial charge on any atom is 0.303 e. The van der Waals surface area contributed by atoms with Crippen LogP contribution in [-0.2, 0) is 4.79 Å². The Morgan fingerprint density at radius 3 is 2.68 bits per heavy atom. The highest BCUT2D eigenvalue weighted by Gasteiger charge is 2.26. The van der Waals surface area contributed by atoms with Gasteiger partial charge in [0.15, 0.2) is 11.5 Å². The maximum atomic E-state index is 10.8. The van der Waals surface area contributed by atoms with Gasteiger partial charge in [-0.15, -0.1) is 0 Å². The van der Waals surface area contributed by atoms with E-state index in [-0.39, 0.29) is 12.3 Å². The minimum atomic E-state index is -0.869. The summed E-state index contributed by atoms with van der Waals surface area (Å²) in [6, 6.07) is 1.28. The van der Waals surface area contributed by atoms with Gasteiger partial charge in [-0.3, -0.25) is 4.79 Å². The van der Waals surface area contributed by atoms with Gasteiger partial charge < -0.3 is 20.3 Å². The van der Waals surface area contributed by atoms with Crippen molar-refractivity contribution in [3.8, 4) is 11.5 Å². The van der Waals surface area contributed by atoms with E-state index in [4.69, 9.17) is 31.9 Å². The molecule has 1 aromatic rings. The van der Waals surface area contributed by atoms with Gasteiger partial charge in [0.2, 0.25) is 0 Å². The van der Waals surface area contributed by atoms with Crippen LogP contribution in [0.1, 0.15) is 56.2 Å². The molecule has 5 nitrogen and oxygen atoms in total. The van der Waals surface area contributed by atoms with Gasteiger partial charge >= 0.3 is 5.97 Å². The molecule has 0 spiro atoms. The van der Waals surface area contributed by atoms with Crippen LogP contribution in [0.15, 0.2) is 6.07 Å². The normalized spacial score (nSPS) is 15.5. The van der Waals surface area contributed by atoms with Crippen LogP contribution in [0.4, 0.5) is 0 Å². The molecule has 1 aromatic carbocycles. The Bertz CT molecular complexity index is 560. The van der Waals surface area contributed by atoms with E-state index >= 15 is 0 Å². The number of hydrogen-bond acceptors (Lipinski definition) is 4. The lowest BCUT2D eigenvalue weighted by Crippen LogP contribution is -2.16. The number of ether oxygens (including phenoxy) is 2. The number of carboxylic acid groups (broad SMARTS) is 1. The molecule has 3 N–H and O–H groups in total. The van der Waals surface area contributed by atoms with Crippen LogP contribution < -0.4 is 15.2 Å².